The van der Waals surface area contributed by atoms with Crippen LogP contribution in [-0.4, -0.2) is 29.4 Å². The van der Waals surface area contributed by atoms with Gasteiger partial charge in [0.1, 0.15) is 0 Å². The Kier molecular flexibility index (Phi) is 5.65. The molecule has 0 saturated heterocycles. The van der Waals surface area contributed by atoms with E-state index in [0.717, 1.165) is 47.0 Å². The van der Waals surface area contributed by atoms with Gasteiger partial charge in [-0.1, -0.05) is 23.8 Å². The normalized spacial score (nSPS) is 19.4. The maximum atomic E-state index is 12.5. The molecule has 162 valence electrons. The second kappa shape index (κ2) is 8.25. The van der Waals surface area contributed by atoms with Crippen LogP contribution in [0.1, 0.15) is 62.8 Å². The molecule has 2 bridgehead atoms. The van der Waals surface area contributed by atoms with E-state index in [1.54, 1.807) is 0 Å². The highest BCUT2D eigenvalue weighted by atomic mass is 16.5. The highest BCUT2D eigenvalue weighted by molar-refractivity contribution is 6.18. The molecule has 2 atom stereocenters. The Bertz CT molecular complexity index is 1100. The molecule has 2 aliphatic carbocycles. The fourth-order valence-corrected chi connectivity index (χ4v) is 5.14. The van der Waals surface area contributed by atoms with E-state index in [2.05, 4.69) is 6.08 Å². The van der Waals surface area contributed by atoms with Crippen molar-refractivity contribution in [2.75, 3.05) is 11.5 Å². The van der Waals surface area contributed by atoms with Gasteiger partial charge in [-0.15, -0.1) is 0 Å². The molecule has 6 heteroatoms. The first-order valence-corrected chi connectivity index (χ1v) is 10.8. The van der Waals surface area contributed by atoms with Gasteiger partial charge in [0.05, 0.1) is 17.8 Å². The van der Waals surface area contributed by atoms with Gasteiger partial charge in [0, 0.05) is 43.8 Å². The van der Waals surface area contributed by atoms with Crippen LogP contribution in [0.4, 0.5) is 5.69 Å². The number of nitrogens with zero attached hydrogens (tertiary/aromatic N) is 2. The average molecular weight is 421 g/mol. The zero-order chi connectivity index (χ0) is 22.3. The number of benzene rings is 1. The largest absolute Gasteiger partial charge is 0.466 e. The number of ether oxygens (including phenoxy) is 1. The Balaban J connectivity index is 1.83. The summed E-state index contributed by atoms with van der Waals surface area (Å²) in [5.74, 6) is -0.295. The Labute approximate surface area is 182 Å². The summed E-state index contributed by atoms with van der Waals surface area (Å²) < 4.78 is 5.14. The third kappa shape index (κ3) is 4.11. The number of amides is 2. The molecule has 6 nitrogen and oxygen atoms in total. The quantitative estimate of drug-likeness (QED) is 0.542. The molecule has 31 heavy (non-hydrogen) atoms. The van der Waals surface area contributed by atoms with E-state index in [4.69, 9.17) is 9.72 Å². The predicted octanol–water partition coefficient (Wildman–Crippen LogP) is 4.37. The molecule has 2 amide bonds. The van der Waals surface area contributed by atoms with Crippen molar-refractivity contribution in [2.24, 2.45) is 5.92 Å². The van der Waals surface area contributed by atoms with E-state index < -0.39 is 0 Å². The van der Waals surface area contributed by atoms with Crippen molar-refractivity contribution >= 4 is 34.4 Å². The molecular formula is C25H28N2O4. The number of allylic oxidation sites excluding steroid dienone is 1. The molecule has 1 heterocycles. The maximum Gasteiger partial charge on any atom is 0.302 e. The van der Waals surface area contributed by atoms with Crippen LogP contribution < -0.4 is 4.90 Å². The van der Waals surface area contributed by atoms with Crippen molar-refractivity contribution in [3.8, 4) is 0 Å². The second-order valence-corrected chi connectivity index (χ2v) is 8.73. The van der Waals surface area contributed by atoms with E-state index in [1.807, 2.05) is 25.1 Å². The lowest BCUT2D eigenvalue weighted by molar-refractivity contribution is -0.140. The molecule has 0 N–H and O–H groups in total. The Hall–Kier alpha value is -3.02. The molecule has 0 aliphatic heterocycles. The molecular weight excluding hydrogens is 392 g/mol. The van der Waals surface area contributed by atoms with E-state index in [-0.39, 0.29) is 23.7 Å². The SMILES string of the molecule is CC(=O)OCCC1=CC2Cc3nc4cc(C)ccc4c(N(C(C)=O)C(C)=O)c3C(C1)C2. The lowest BCUT2D eigenvalue weighted by Gasteiger charge is -2.38. The number of esters is 1. The van der Waals surface area contributed by atoms with Gasteiger partial charge in [-0.2, -0.15) is 0 Å². The van der Waals surface area contributed by atoms with E-state index in [1.165, 1.54) is 31.2 Å². The van der Waals surface area contributed by atoms with Gasteiger partial charge in [-0.3, -0.25) is 24.3 Å². The molecule has 0 fully saturated rings. The maximum absolute atomic E-state index is 12.5. The van der Waals surface area contributed by atoms with Crippen molar-refractivity contribution in [1.82, 2.24) is 4.98 Å². The van der Waals surface area contributed by atoms with Crippen molar-refractivity contribution in [3.05, 3.63) is 46.7 Å². The third-order valence-corrected chi connectivity index (χ3v) is 6.24. The number of carbonyl (C=O) groups is 3. The zero-order valence-electron chi connectivity index (χ0n) is 18.5. The summed E-state index contributed by atoms with van der Waals surface area (Å²) in [7, 11) is 0. The van der Waals surface area contributed by atoms with Gasteiger partial charge in [0.2, 0.25) is 11.8 Å². The van der Waals surface area contributed by atoms with Crippen molar-refractivity contribution < 1.29 is 19.1 Å². The third-order valence-electron chi connectivity index (χ3n) is 6.24. The van der Waals surface area contributed by atoms with Gasteiger partial charge >= 0.3 is 5.97 Å². The Morgan fingerprint density at radius 2 is 1.87 bits per heavy atom. The predicted molar refractivity (Wildman–Crippen MR) is 119 cm³/mol. The first-order chi connectivity index (χ1) is 14.7. The fraction of sp³-hybridized carbons (Fsp3) is 0.440. The Morgan fingerprint density at radius 1 is 1.13 bits per heavy atom. The molecule has 2 aliphatic rings. The molecule has 1 aromatic heterocycles. The molecule has 2 aromatic rings. The topological polar surface area (TPSA) is 76.6 Å². The van der Waals surface area contributed by atoms with E-state index >= 15 is 0 Å². The van der Waals surface area contributed by atoms with Crippen LogP contribution in [0, 0.1) is 12.8 Å². The number of anilines is 1. The van der Waals surface area contributed by atoms with E-state index in [9.17, 15) is 14.4 Å². The highest BCUT2D eigenvalue weighted by Crippen LogP contribution is 2.49. The number of carbonyl (C=O) groups excluding carboxylic acids is 3. The Morgan fingerprint density at radius 3 is 2.55 bits per heavy atom. The van der Waals surface area contributed by atoms with Crippen LogP contribution >= 0.6 is 0 Å². The zero-order valence-corrected chi connectivity index (χ0v) is 18.5. The molecule has 4 rings (SSSR count). The van der Waals surface area contributed by atoms with Crippen LogP contribution in [0.5, 0.6) is 0 Å². The summed E-state index contributed by atoms with van der Waals surface area (Å²) in [6.45, 7) is 6.68. The summed E-state index contributed by atoms with van der Waals surface area (Å²) in [4.78, 5) is 42.5. The lowest BCUT2D eigenvalue weighted by Crippen LogP contribution is -2.36. The number of rotatable bonds is 4. The number of hydrogen-bond acceptors (Lipinski definition) is 5. The molecule has 0 saturated carbocycles. The van der Waals surface area contributed by atoms with Crippen molar-refractivity contribution in [1.29, 1.82) is 0 Å². The van der Waals surface area contributed by atoms with Gasteiger partial charge < -0.3 is 4.74 Å². The number of pyridine rings is 1. The molecule has 2 unspecified atom stereocenters. The average Bonchev–Trinajstić information content (AvgIpc) is 2.66. The summed E-state index contributed by atoms with van der Waals surface area (Å²) in [6.07, 6.45) is 5.59. The summed E-state index contributed by atoms with van der Waals surface area (Å²) in [5, 5.41) is 0.837. The second-order valence-electron chi connectivity index (χ2n) is 8.73. The minimum atomic E-state index is -0.286. The summed E-state index contributed by atoms with van der Waals surface area (Å²) in [5.41, 5.74) is 5.88. The monoisotopic (exact) mass is 420 g/mol. The lowest BCUT2D eigenvalue weighted by atomic mass is 9.70. The molecule has 0 radical (unpaired) electrons. The minimum absolute atomic E-state index is 0.181. The number of hydrogen-bond donors (Lipinski definition) is 0. The molecule has 0 spiro atoms. The van der Waals surface area contributed by atoms with Crippen LogP contribution in [-0.2, 0) is 25.5 Å². The standard InChI is InChI=1S/C25H28N2O4/c1-14-5-6-21-22(9-14)26-23-13-19-10-18(7-8-31-17(4)30)11-20(12-19)24(23)25(21)27(15(2)28)16(3)29/h5-6,9-10,19-20H,7-8,11-13H2,1-4H3. The summed E-state index contributed by atoms with van der Waals surface area (Å²) >= 11 is 0. The van der Waals surface area contributed by atoms with Gasteiger partial charge in [-0.25, -0.2) is 0 Å². The molecule has 1 aromatic carbocycles. The highest BCUT2D eigenvalue weighted by Gasteiger charge is 2.36. The number of imide groups is 1. The smallest absolute Gasteiger partial charge is 0.302 e. The van der Waals surface area contributed by atoms with Crippen molar-refractivity contribution in [2.45, 2.75) is 59.3 Å². The van der Waals surface area contributed by atoms with Crippen molar-refractivity contribution in [3.63, 3.8) is 0 Å². The first kappa shape index (κ1) is 21.2. The summed E-state index contributed by atoms with van der Waals surface area (Å²) in [6, 6.07) is 5.98. The van der Waals surface area contributed by atoms with E-state index in [0.29, 0.717) is 24.6 Å². The van der Waals surface area contributed by atoms with Crippen LogP contribution in [0.15, 0.2) is 29.8 Å². The first-order valence-electron chi connectivity index (χ1n) is 10.8. The van der Waals surface area contributed by atoms with Crippen LogP contribution in [0.3, 0.4) is 0 Å². The fourth-order valence-electron chi connectivity index (χ4n) is 5.14. The van der Waals surface area contributed by atoms with Crippen LogP contribution in [0.2, 0.25) is 0 Å². The van der Waals surface area contributed by atoms with Gasteiger partial charge in [0.25, 0.3) is 0 Å². The van der Waals surface area contributed by atoms with Gasteiger partial charge in [0.15, 0.2) is 0 Å². The number of aromatic nitrogens is 1. The van der Waals surface area contributed by atoms with Gasteiger partial charge in [-0.05, 0) is 49.7 Å². The minimum Gasteiger partial charge on any atom is -0.466 e. The van der Waals surface area contributed by atoms with Crippen LogP contribution in [0.25, 0.3) is 10.9 Å². The number of aryl methyl sites for hydroxylation is 1. The number of fused-ring (bicyclic) bond motifs is 5.